The minimum absolute atomic E-state index is 0.0528. The third-order valence-electron chi connectivity index (χ3n) is 4.77. The molecule has 0 saturated heterocycles. The molecule has 0 radical (unpaired) electrons. The Kier molecular flexibility index (Phi) is 7.21. The molecule has 0 saturated carbocycles. The number of hydrogen-bond donors (Lipinski definition) is 2. The van der Waals surface area contributed by atoms with Crippen molar-refractivity contribution in [3.05, 3.63) is 66.0 Å². The predicted octanol–water partition coefficient (Wildman–Crippen LogP) is 3.22. The van der Waals surface area contributed by atoms with E-state index in [1.54, 1.807) is 31.1 Å². The summed E-state index contributed by atoms with van der Waals surface area (Å²) < 4.78 is 5.95. The summed E-state index contributed by atoms with van der Waals surface area (Å²) in [5.74, 6) is 1.29. The highest BCUT2D eigenvalue weighted by molar-refractivity contribution is 5.94. The second-order valence-corrected chi connectivity index (χ2v) is 7.44. The van der Waals surface area contributed by atoms with E-state index in [0.29, 0.717) is 17.1 Å². The Balaban J connectivity index is 1.70. The summed E-state index contributed by atoms with van der Waals surface area (Å²) in [6.45, 7) is 2.65. The molecule has 0 aliphatic carbocycles. The molecule has 1 heterocycles. The van der Waals surface area contributed by atoms with E-state index in [1.807, 2.05) is 49.6 Å². The maximum absolute atomic E-state index is 12.1. The highest BCUT2D eigenvalue weighted by atomic mass is 16.5. The molecule has 0 atom stereocenters. The van der Waals surface area contributed by atoms with Gasteiger partial charge in [0.15, 0.2) is 0 Å². The number of hydrogen-bond acceptors (Lipinski definition) is 5. The fourth-order valence-electron chi connectivity index (χ4n) is 3.12. The molecule has 0 bridgehead atoms. The average molecular weight is 408 g/mol. The molecular formula is C23H29N5O2. The molecule has 0 fully saturated rings. The Bertz CT molecular complexity index is 966. The zero-order chi connectivity index (χ0) is 21.5. The molecule has 7 heteroatoms. The predicted molar refractivity (Wildman–Crippen MR) is 119 cm³/mol. The van der Waals surface area contributed by atoms with Crippen molar-refractivity contribution >= 4 is 5.91 Å². The normalized spacial score (nSPS) is 11.0. The zero-order valence-corrected chi connectivity index (χ0v) is 18.0. The molecule has 158 valence electrons. The van der Waals surface area contributed by atoms with Gasteiger partial charge in [-0.1, -0.05) is 18.2 Å². The van der Waals surface area contributed by atoms with Gasteiger partial charge in [-0.15, -0.1) is 0 Å². The number of likely N-dealkylation sites (N-methyl/N-ethyl adjacent to an activating group) is 2. The van der Waals surface area contributed by atoms with Crippen LogP contribution in [0.5, 0.6) is 11.5 Å². The van der Waals surface area contributed by atoms with Crippen LogP contribution in [0.2, 0.25) is 0 Å². The van der Waals surface area contributed by atoms with Gasteiger partial charge in [0.05, 0.1) is 5.69 Å². The second kappa shape index (κ2) is 10.0. The number of nitrogens with one attached hydrogen (secondary N) is 2. The Morgan fingerprint density at radius 2 is 1.87 bits per heavy atom. The molecule has 30 heavy (non-hydrogen) atoms. The van der Waals surface area contributed by atoms with Crippen LogP contribution in [0.1, 0.15) is 16.1 Å². The summed E-state index contributed by atoms with van der Waals surface area (Å²) in [5.41, 5.74) is 3.76. The molecule has 0 aliphatic heterocycles. The average Bonchev–Trinajstić information content (AvgIpc) is 3.20. The highest BCUT2D eigenvalue weighted by Gasteiger charge is 2.12. The summed E-state index contributed by atoms with van der Waals surface area (Å²) in [4.78, 5) is 15.9. The molecule has 2 aromatic carbocycles. The van der Waals surface area contributed by atoms with Crippen LogP contribution in [0.25, 0.3) is 11.1 Å². The first kappa shape index (κ1) is 21.5. The smallest absolute Gasteiger partial charge is 0.253 e. The lowest BCUT2D eigenvalue weighted by Gasteiger charge is -2.15. The number of rotatable bonds is 9. The second-order valence-electron chi connectivity index (χ2n) is 7.44. The topological polar surface area (TPSA) is 73.5 Å². The maximum atomic E-state index is 12.1. The van der Waals surface area contributed by atoms with Gasteiger partial charge in [0.2, 0.25) is 0 Å². The third kappa shape index (κ3) is 5.46. The molecule has 0 aliphatic rings. The maximum Gasteiger partial charge on any atom is 0.253 e. The number of nitrogens with zero attached hydrogens (tertiary/aromatic N) is 3. The number of ether oxygens (including phenoxy) is 1. The van der Waals surface area contributed by atoms with E-state index in [9.17, 15) is 4.79 Å². The first-order chi connectivity index (χ1) is 14.5. The lowest BCUT2D eigenvalue weighted by atomic mass is 10.1. The first-order valence-electron chi connectivity index (χ1n) is 9.93. The van der Waals surface area contributed by atoms with E-state index in [1.165, 1.54) is 0 Å². The van der Waals surface area contributed by atoms with Gasteiger partial charge in [0.1, 0.15) is 11.5 Å². The summed E-state index contributed by atoms with van der Waals surface area (Å²) in [7, 11) is 7.50. The van der Waals surface area contributed by atoms with Crippen LogP contribution in [0.15, 0.2) is 54.7 Å². The van der Waals surface area contributed by atoms with E-state index in [4.69, 9.17) is 4.74 Å². The van der Waals surface area contributed by atoms with Crippen molar-refractivity contribution in [1.29, 1.82) is 0 Å². The van der Waals surface area contributed by atoms with Crippen LogP contribution in [0.4, 0.5) is 0 Å². The van der Waals surface area contributed by atoms with Crippen molar-refractivity contribution in [1.82, 2.24) is 25.3 Å². The number of carbonyl (C=O) groups is 1. The fourth-order valence-corrected chi connectivity index (χ4v) is 3.12. The standard InChI is InChI=1S/C23H29N5O2/c1-24-12-13-28(4)16-22-21(15-25-26-22)17-8-10-19(11-9-17)30-20-7-5-6-18(14-20)23(29)27(2)3/h5-11,14-15,24H,12-13,16H2,1-4H3,(H,25,26). The number of carbonyl (C=O) groups excluding carboxylic acids is 1. The number of amides is 1. The zero-order valence-electron chi connectivity index (χ0n) is 18.0. The molecule has 3 rings (SSSR count). The Hall–Kier alpha value is -3.16. The minimum Gasteiger partial charge on any atom is -0.457 e. The lowest BCUT2D eigenvalue weighted by molar-refractivity contribution is 0.0827. The largest absolute Gasteiger partial charge is 0.457 e. The molecule has 3 aromatic rings. The van der Waals surface area contributed by atoms with E-state index in [-0.39, 0.29) is 5.91 Å². The molecule has 0 unspecified atom stereocenters. The van der Waals surface area contributed by atoms with Crippen LogP contribution in [0, 0.1) is 0 Å². The van der Waals surface area contributed by atoms with Crippen LogP contribution in [0.3, 0.4) is 0 Å². The van der Waals surface area contributed by atoms with Crippen molar-refractivity contribution in [2.24, 2.45) is 0 Å². The lowest BCUT2D eigenvalue weighted by Crippen LogP contribution is -2.27. The fraction of sp³-hybridized carbons (Fsp3) is 0.304. The summed E-state index contributed by atoms with van der Waals surface area (Å²) >= 11 is 0. The summed E-state index contributed by atoms with van der Waals surface area (Å²) in [5, 5.41) is 10.6. The van der Waals surface area contributed by atoms with Crippen molar-refractivity contribution in [2.45, 2.75) is 6.54 Å². The monoisotopic (exact) mass is 407 g/mol. The number of benzene rings is 2. The molecular weight excluding hydrogens is 378 g/mol. The van der Waals surface area contributed by atoms with Crippen molar-refractivity contribution in [3.8, 4) is 22.6 Å². The Morgan fingerprint density at radius 3 is 2.57 bits per heavy atom. The van der Waals surface area contributed by atoms with E-state index >= 15 is 0 Å². The van der Waals surface area contributed by atoms with E-state index < -0.39 is 0 Å². The van der Waals surface area contributed by atoms with Crippen LogP contribution in [-0.2, 0) is 6.54 Å². The van der Waals surface area contributed by atoms with Crippen molar-refractivity contribution < 1.29 is 9.53 Å². The Morgan fingerprint density at radius 1 is 1.10 bits per heavy atom. The summed E-state index contributed by atoms with van der Waals surface area (Å²) in [6.07, 6.45) is 1.92. The van der Waals surface area contributed by atoms with Crippen molar-refractivity contribution in [3.63, 3.8) is 0 Å². The van der Waals surface area contributed by atoms with Gasteiger partial charge in [-0.05, 0) is 50.0 Å². The number of aromatic nitrogens is 2. The van der Waals surface area contributed by atoms with E-state index in [2.05, 4.69) is 27.5 Å². The Labute approximate surface area is 177 Å². The third-order valence-corrected chi connectivity index (χ3v) is 4.77. The van der Waals surface area contributed by atoms with Gasteiger partial charge in [0.25, 0.3) is 5.91 Å². The molecule has 1 amide bonds. The van der Waals surface area contributed by atoms with Crippen LogP contribution in [-0.4, -0.2) is 67.2 Å². The molecule has 1 aromatic heterocycles. The van der Waals surface area contributed by atoms with Crippen molar-refractivity contribution in [2.75, 3.05) is 41.3 Å². The van der Waals surface area contributed by atoms with Crippen LogP contribution < -0.4 is 10.1 Å². The van der Waals surface area contributed by atoms with Crippen LogP contribution >= 0.6 is 0 Å². The number of aromatic amines is 1. The molecule has 7 nitrogen and oxygen atoms in total. The first-order valence-corrected chi connectivity index (χ1v) is 9.93. The van der Waals surface area contributed by atoms with Gasteiger partial charge in [-0.25, -0.2) is 0 Å². The van der Waals surface area contributed by atoms with E-state index in [0.717, 1.165) is 36.5 Å². The van der Waals surface area contributed by atoms with Gasteiger partial charge in [0, 0.05) is 51.1 Å². The van der Waals surface area contributed by atoms with Gasteiger partial charge < -0.3 is 15.0 Å². The number of H-pyrrole nitrogens is 1. The quantitative estimate of drug-likeness (QED) is 0.570. The van der Waals surface area contributed by atoms with Gasteiger partial charge in [-0.2, -0.15) is 5.10 Å². The SMILES string of the molecule is CNCCN(C)Cc1n[nH]cc1-c1ccc(Oc2cccc(C(=O)N(C)C)c2)cc1. The minimum atomic E-state index is -0.0528. The highest BCUT2D eigenvalue weighted by Crippen LogP contribution is 2.28. The molecule has 2 N–H and O–H groups in total. The van der Waals surface area contributed by atoms with Gasteiger partial charge in [-0.3, -0.25) is 14.8 Å². The molecule has 0 spiro atoms. The van der Waals surface area contributed by atoms with Gasteiger partial charge >= 0.3 is 0 Å². The summed E-state index contributed by atoms with van der Waals surface area (Å²) in [6, 6.07) is 15.1.